The lowest BCUT2D eigenvalue weighted by molar-refractivity contribution is -0.138. The number of hydrogen-bond donors (Lipinski definition) is 0. The number of pyridine rings is 2. The van der Waals surface area contributed by atoms with E-state index in [0.717, 1.165) is 6.07 Å². The third-order valence-corrected chi connectivity index (χ3v) is 3.41. The maximum atomic E-state index is 13.0. The fourth-order valence-electron chi connectivity index (χ4n) is 2.36. The van der Waals surface area contributed by atoms with Crippen molar-refractivity contribution in [3.8, 4) is 0 Å². The van der Waals surface area contributed by atoms with Crippen molar-refractivity contribution in [3.63, 3.8) is 0 Å². The Morgan fingerprint density at radius 3 is 2.59 bits per heavy atom. The van der Waals surface area contributed by atoms with Crippen LogP contribution < -0.4 is 5.56 Å². The first-order valence-electron chi connectivity index (χ1n) is 6.56. The van der Waals surface area contributed by atoms with E-state index in [4.69, 9.17) is 0 Å². The molecule has 0 aliphatic carbocycles. The van der Waals surface area contributed by atoms with E-state index in [1.165, 1.54) is 29.0 Å². The molecule has 0 fully saturated rings. The summed E-state index contributed by atoms with van der Waals surface area (Å²) in [6.07, 6.45) is -1.42. The van der Waals surface area contributed by atoms with Gasteiger partial charge in [-0.1, -0.05) is 18.2 Å². The molecule has 6 heteroatoms. The second kappa shape index (κ2) is 5.29. The zero-order valence-corrected chi connectivity index (χ0v) is 11.3. The van der Waals surface area contributed by atoms with Gasteiger partial charge in [0.25, 0.3) is 5.56 Å². The molecule has 3 rings (SSSR count). The lowest BCUT2D eigenvalue weighted by Gasteiger charge is -2.14. The van der Waals surface area contributed by atoms with Gasteiger partial charge < -0.3 is 4.57 Å². The van der Waals surface area contributed by atoms with Crippen molar-refractivity contribution in [2.75, 3.05) is 0 Å². The molecule has 0 saturated carbocycles. The van der Waals surface area contributed by atoms with Crippen molar-refractivity contribution in [1.29, 1.82) is 0 Å². The lowest BCUT2D eigenvalue weighted by Crippen LogP contribution is -2.22. The van der Waals surface area contributed by atoms with E-state index < -0.39 is 11.7 Å². The summed E-state index contributed by atoms with van der Waals surface area (Å²) in [4.78, 5) is 16.4. The first kappa shape index (κ1) is 14.3. The fraction of sp³-hybridized carbons (Fsp3) is 0.125. The molecule has 0 saturated heterocycles. The van der Waals surface area contributed by atoms with Gasteiger partial charge in [-0.3, -0.25) is 9.78 Å². The highest BCUT2D eigenvalue weighted by Crippen LogP contribution is 2.32. The standard InChI is InChI=1S/C16H11F3N2O/c17-16(18,19)13-6-2-1-4-11(13)10-21-9-7-14-12(15(21)22)5-3-8-20-14/h1-9H,10H2. The summed E-state index contributed by atoms with van der Waals surface area (Å²) in [6, 6.07) is 10.1. The number of aromatic nitrogens is 2. The molecule has 3 nitrogen and oxygen atoms in total. The molecule has 0 bridgehead atoms. The van der Waals surface area contributed by atoms with Gasteiger partial charge in [-0.15, -0.1) is 0 Å². The number of rotatable bonds is 2. The second-order valence-electron chi connectivity index (χ2n) is 4.84. The van der Waals surface area contributed by atoms with Gasteiger partial charge in [-0.25, -0.2) is 0 Å². The van der Waals surface area contributed by atoms with E-state index in [1.807, 2.05) is 0 Å². The summed E-state index contributed by atoms with van der Waals surface area (Å²) in [5.41, 5.74) is -0.510. The maximum absolute atomic E-state index is 13.0. The van der Waals surface area contributed by atoms with Crippen molar-refractivity contribution in [2.45, 2.75) is 12.7 Å². The molecular weight excluding hydrogens is 293 g/mol. The molecule has 0 amide bonds. The molecular formula is C16H11F3N2O. The van der Waals surface area contributed by atoms with E-state index in [2.05, 4.69) is 4.98 Å². The van der Waals surface area contributed by atoms with Crippen molar-refractivity contribution in [1.82, 2.24) is 9.55 Å². The van der Waals surface area contributed by atoms with Crippen molar-refractivity contribution in [3.05, 3.63) is 76.3 Å². The van der Waals surface area contributed by atoms with E-state index in [1.54, 1.807) is 24.4 Å². The maximum Gasteiger partial charge on any atom is 0.416 e. The molecule has 0 aliphatic rings. The largest absolute Gasteiger partial charge is 0.416 e. The first-order valence-corrected chi connectivity index (χ1v) is 6.56. The SMILES string of the molecule is O=c1c2cccnc2ccn1Cc1ccccc1C(F)(F)F. The van der Waals surface area contributed by atoms with Crippen molar-refractivity contribution in [2.24, 2.45) is 0 Å². The van der Waals surface area contributed by atoms with Crippen LogP contribution in [0.5, 0.6) is 0 Å². The predicted octanol–water partition coefficient (Wildman–Crippen LogP) is 3.46. The summed E-state index contributed by atoms with van der Waals surface area (Å²) in [5, 5.41) is 0.384. The molecule has 1 aromatic carbocycles. The highest BCUT2D eigenvalue weighted by atomic mass is 19.4. The summed E-state index contributed by atoms with van der Waals surface area (Å²) in [7, 11) is 0. The van der Waals surface area contributed by atoms with Crippen molar-refractivity contribution < 1.29 is 13.2 Å². The summed E-state index contributed by atoms with van der Waals surface area (Å²) < 4.78 is 40.3. The minimum Gasteiger partial charge on any atom is -0.310 e. The Labute approximate surface area is 123 Å². The summed E-state index contributed by atoms with van der Waals surface area (Å²) in [6.45, 7) is -0.140. The molecule has 2 aromatic heterocycles. The lowest BCUT2D eigenvalue weighted by atomic mass is 10.1. The van der Waals surface area contributed by atoms with Crippen LogP contribution in [-0.4, -0.2) is 9.55 Å². The Kier molecular flexibility index (Phi) is 3.44. The molecule has 3 aromatic rings. The van der Waals surface area contributed by atoms with E-state index in [9.17, 15) is 18.0 Å². The van der Waals surface area contributed by atoms with E-state index >= 15 is 0 Å². The van der Waals surface area contributed by atoms with Gasteiger partial charge in [-0.2, -0.15) is 13.2 Å². The number of halogens is 3. The minimum absolute atomic E-state index is 0.0559. The van der Waals surface area contributed by atoms with Crippen LogP contribution >= 0.6 is 0 Å². The number of hydrogen-bond acceptors (Lipinski definition) is 2. The van der Waals surface area contributed by atoms with E-state index in [-0.39, 0.29) is 17.7 Å². The average Bonchev–Trinajstić information content (AvgIpc) is 2.50. The van der Waals surface area contributed by atoms with Crippen LogP contribution in [0.3, 0.4) is 0 Å². The summed E-state index contributed by atoms with van der Waals surface area (Å²) >= 11 is 0. The predicted molar refractivity (Wildman–Crippen MR) is 76.5 cm³/mol. The normalized spacial score (nSPS) is 11.8. The van der Waals surface area contributed by atoms with Gasteiger partial charge in [-0.05, 0) is 29.8 Å². The quantitative estimate of drug-likeness (QED) is 0.726. The van der Waals surface area contributed by atoms with Gasteiger partial charge in [0.1, 0.15) is 0 Å². The van der Waals surface area contributed by atoms with Crippen LogP contribution in [0.25, 0.3) is 10.9 Å². The van der Waals surface area contributed by atoms with Gasteiger partial charge in [0, 0.05) is 12.4 Å². The van der Waals surface area contributed by atoms with E-state index in [0.29, 0.717) is 10.9 Å². The topological polar surface area (TPSA) is 34.9 Å². The molecule has 0 spiro atoms. The molecule has 0 radical (unpaired) electrons. The highest BCUT2D eigenvalue weighted by Gasteiger charge is 2.32. The second-order valence-corrected chi connectivity index (χ2v) is 4.84. The molecule has 2 heterocycles. The van der Waals surface area contributed by atoms with Gasteiger partial charge in [0.15, 0.2) is 0 Å². The molecule has 0 aliphatic heterocycles. The Morgan fingerprint density at radius 2 is 1.82 bits per heavy atom. The Hall–Kier alpha value is -2.63. The monoisotopic (exact) mass is 304 g/mol. The molecule has 0 atom stereocenters. The van der Waals surface area contributed by atoms with Gasteiger partial charge >= 0.3 is 6.18 Å². The van der Waals surface area contributed by atoms with Crippen LogP contribution in [0.2, 0.25) is 0 Å². The van der Waals surface area contributed by atoms with Gasteiger partial charge in [0.05, 0.1) is 23.0 Å². The van der Waals surface area contributed by atoms with Crippen LogP contribution in [0.1, 0.15) is 11.1 Å². The number of nitrogens with zero attached hydrogens (tertiary/aromatic N) is 2. The first-order chi connectivity index (χ1) is 10.5. The number of alkyl halides is 3. The number of fused-ring (bicyclic) bond motifs is 1. The molecule has 22 heavy (non-hydrogen) atoms. The average molecular weight is 304 g/mol. The highest BCUT2D eigenvalue weighted by molar-refractivity contribution is 5.76. The Bertz CT molecular complexity index is 884. The third kappa shape index (κ3) is 2.59. The third-order valence-electron chi connectivity index (χ3n) is 3.41. The Balaban J connectivity index is 2.09. The van der Waals surface area contributed by atoms with Crippen LogP contribution in [-0.2, 0) is 12.7 Å². The number of benzene rings is 1. The molecule has 0 N–H and O–H groups in total. The molecule has 112 valence electrons. The Morgan fingerprint density at radius 1 is 1.05 bits per heavy atom. The van der Waals surface area contributed by atoms with Gasteiger partial charge in [0.2, 0.25) is 0 Å². The van der Waals surface area contributed by atoms with Crippen LogP contribution in [0.15, 0.2) is 59.7 Å². The zero-order chi connectivity index (χ0) is 15.7. The van der Waals surface area contributed by atoms with Crippen LogP contribution in [0, 0.1) is 0 Å². The van der Waals surface area contributed by atoms with Crippen LogP contribution in [0.4, 0.5) is 13.2 Å². The fourth-order valence-corrected chi connectivity index (χ4v) is 2.36. The summed E-state index contributed by atoms with van der Waals surface area (Å²) in [5.74, 6) is 0. The zero-order valence-electron chi connectivity index (χ0n) is 11.3. The smallest absolute Gasteiger partial charge is 0.310 e. The van der Waals surface area contributed by atoms with Crippen molar-refractivity contribution >= 4 is 10.9 Å². The minimum atomic E-state index is -4.45. The molecule has 0 unspecified atom stereocenters.